The first kappa shape index (κ1) is 11.7. The third kappa shape index (κ3) is 2.79. The maximum absolute atomic E-state index is 6.09. The van der Waals surface area contributed by atoms with Crippen molar-refractivity contribution in [3.8, 4) is 12.3 Å². The molecule has 0 unspecified atom stereocenters. The highest BCUT2D eigenvalue weighted by Gasteiger charge is 2.33. The van der Waals surface area contributed by atoms with E-state index < -0.39 is 0 Å². The lowest BCUT2D eigenvalue weighted by atomic mass is 9.61. The molecule has 0 spiro atoms. The summed E-state index contributed by atoms with van der Waals surface area (Å²) in [6, 6.07) is 0. The number of hydrogen-bond acceptors (Lipinski definition) is 1. The molecule has 0 bridgehead atoms. The highest BCUT2D eigenvalue weighted by molar-refractivity contribution is 6.51. The zero-order valence-corrected chi connectivity index (χ0v) is 9.51. The van der Waals surface area contributed by atoms with Gasteiger partial charge in [0, 0.05) is 0 Å². The Hall–Kier alpha value is -0.415. The van der Waals surface area contributed by atoms with Crippen molar-refractivity contribution in [2.24, 2.45) is 0 Å². The third-order valence-corrected chi connectivity index (χ3v) is 3.23. The summed E-state index contributed by atoms with van der Waals surface area (Å²) in [5.74, 6) is 2.89. The molecule has 1 nitrogen and oxygen atoms in total. The van der Waals surface area contributed by atoms with E-state index in [-0.39, 0.29) is 5.60 Å². The summed E-state index contributed by atoms with van der Waals surface area (Å²) >= 11 is 0. The first-order valence-corrected chi connectivity index (χ1v) is 5.92. The summed E-state index contributed by atoms with van der Waals surface area (Å²) < 4.78 is 6.09. The second-order valence-electron chi connectivity index (χ2n) is 4.26. The minimum Gasteiger partial charge on any atom is -0.421 e. The standard InChI is InChI=1S/C12H21BO/c1-4-12(10-8-7-9-11-12)14-13(5-2)6-3/h1H,5-11H2,2-3H3. The summed E-state index contributed by atoms with van der Waals surface area (Å²) in [5.41, 5.74) is -0.227. The average Bonchev–Trinajstić information content (AvgIpc) is 2.27. The Bertz CT molecular complexity index is 197. The van der Waals surface area contributed by atoms with Gasteiger partial charge in [-0.2, -0.15) is 0 Å². The van der Waals surface area contributed by atoms with Crippen LogP contribution in [0, 0.1) is 12.3 Å². The predicted octanol–water partition coefficient (Wildman–Crippen LogP) is 3.37. The molecule has 1 saturated carbocycles. The molecule has 14 heavy (non-hydrogen) atoms. The van der Waals surface area contributed by atoms with Crippen molar-refractivity contribution in [1.29, 1.82) is 0 Å². The zero-order chi connectivity index (χ0) is 10.4. The summed E-state index contributed by atoms with van der Waals surface area (Å²) in [7, 11) is 0. The Morgan fingerprint density at radius 1 is 1.21 bits per heavy atom. The Balaban J connectivity index is 2.56. The van der Waals surface area contributed by atoms with Crippen LogP contribution in [-0.2, 0) is 4.65 Å². The minimum atomic E-state index is -0.227. The molecule has 0 aromatic heterocycles. The van der Waals surface area contributed by atoms with Crippen LogP contribution in [-0.4, -0.2) is 12.5 Å². The fourth-order valence-electron chi connectivity index (χ4n) is 2.19. The van der Waals surface area contributed by atoms with E-state index in [2.05, 4.69) is 19.8 Å². The van der Waals surface area contributed by atoms with Gasteiger partial charge in [-0.25, -0.2) is 0 Å². The smallest absolute Gasteiger partial charge is 0.294 e. The van der Waals surface area contributed by atoms with Gasteiger partial charge in [0.15, 0.2) is 0 Å². The Labute approximate surface area is 88.7 Å². The summed E-state index contributed by atoms with van der Waals surface area (Å²) in [4.78, 5) is 0. The molecule has 1 fully saturated rings. The lowest BCUT2D eigenvalue weighted by molar-refractivity contribution is 0.0844. The monoisotopic (exact) mass is 192 g/mol. The lowest BCUT2D eigenvalue weighted by Gasteiger charge is -2.35. The van der Waals surface area contributed by atoms with Gasteiger partial charge in [0.1, 0.15) is 5.60 Å². The van der Waals surface area contributed by atoms with E-state index in [0.717, 1.165) is 25.5 Å². The van der Waals surface area contributed by atoms with Crippen molar-refractivity contribution < 1.29 is 4.65 Å². The molecule has 2 heteroatoms. The molecule has 0 amide bonds. The number of rotatable bonds is 4. The fourth-order valence-corrected chi connectivity index (χ4v) is 2.19. The molecule has 0 saturated heterocycles. The van der Waals surface area contributed by atoms with Gasteiger partial charge in [0.25, 0.3) is 6.92 Å². The van der Waals surface area contributed by atoms with Crippen molar-refractivity contribution >= 4 is 6.92 Å². The summed E-state index contributed by atoms with van der Waals surface area (Å²) in [6.45, 7) is 4.69. The van der Waals surface area contributed by atoms with Gasteiger partial charge in [-0.3, -0.25) is 0 Å². The van der Waals surface area contributed by atoms with Gasteiger partial charge in [0.2, 0.25) is 0 Å². The van der Waals surface area contributed by atoms with Crippen LogP contribution in [0.2, 0.25) is 12.6 Å². The average molecular weight is 192 g/mol. The van der Waals surface area contributed by atoms with Crippen LogP contribution < -0.4 is 0 Å². The predicted molar refractivity (Wildman–Crippen MR) is 62.5 cm³/mol. The van der Waals surface area contributed by atoms with Crippen LogP contribution in [0.3, 0.4) is 0 Å². The number of terminal acetylenes is 1. The number of hydrogen-bond donors (Lipinski definition) is 0. The van der Waals surface area contributed by atoms with E-state index in [9.17, 15) is 0 Å². The van der Waals surface area contributed by atoms with Crippen molar-refractivity contribution in [1.82, 2.24) is 0 Å². The molecule has 0 atom stereocenters. The first-order chi connectivity index (χ1) is 6.76. The molecule has 0 heterocycles. The first-order valence-electron chi connectivity index (χ1n) is 5.92. The van der Waals surface area contributed by atoms with Crippen LogP contribution >= 0.6 is 0 Å². The molecule has 1 aliphatic carbocycles. The van der Waals surface area contributed by atoms with Crippen molar-refractivity contribution in [2.75, 3.05) is 0 Å². The highest BCUT2D eigenvalue weighted by atomic mass is 16.5. The molecular weight excluding hydrogens is 171 g/mol. The van der Waals surface area contributed by atoms with Crippen LogP contribution in [0.1, 0.15) is 46.0 Å². The normalized spacial score (nSPS) is 20.1. The maximum atomic E-state index is 6.09. The second-order valence-corrected chi connectivity index (χ2v) is 4.26. The van der Waals surface area contributed by atoms with Crippen LogP contribution in [0.15, 0.2) is 0 Å². The van der Waals surface area contributed by atoms with Gasteiger partial charge >= 0.3 is 0 Å². The molecule has 1 rings (SSSR count). The Kier molecular flexibility index (Phi) is 4.55. The van der Waals surface area contributed by atoms with Crippen LogP contribution in [0.4, 0.5) is 0 Å². The Morgan fingerprint density at radius 3 is 2.21 bits per heavy atom. The topological polar surface area (TPSA) is 9.23 Å². The molecule has 0 aromatic carbocycles. The highest BCUT2D eigenvalue weighted by Crippen LogP contribution is 2.32. The molecule has 1 aliphatic rings. The molecule has 0 aromatic rings. The lowest BCUT2D eigenvalue weighted by Crippen LogP contribution is -2.38. The van der Waals surface area contributed by atoms with E-state index in [1.165, 1.54) is 19.3 Å². The van der Waals surface area contributed by atoms with Gasteiger partial charge in [-0.1, -0.05) is 38.8 Å². The van der Waals surface area contributed by atoms with Crippen molar-refractivity contribution in [3.63, 3.8) is 0 Å². The third-order valence-electron chi connectivity index (χ3n) is 3.23. The molecular formula is C12H21BO. The van der Waals surface area contributed by atoms with Crippen molar-refractivity contribution in [3.05, 3.63) is 0 Å². The largest absolute Gasteiger partial charge is 0.421 e. The van der Waals surface area contributed by atoms with E-state index in [1.54, 1.807) is 0 Å². The summed E-state index contributed by atoms with van der Waals surface area (Å²) in [5, 5.41) is 0. The molecule has 78 valence electrons. The second kappa shape index (κ2) is 5.46. The molecule has 0 aliphatic heterocycles. The maximum Gasteiger partial charge on any atom is 0.294 e. The molecule has 0 radical (unpaired) electrons. The van der Waals surface area contributed by atoms with Crippen LogP contribution in [0.25, 0.3) is 0 Å². The van der Waals surface area contributed by atoms with Gasteiger partial charge in [0.05, 0.1) is 0 Å². The van der Waals surface area contributed by atoms with E-state index in [0.29, 0.717) is 6.92 Å². The SMILES string of the molecule is C#CC1(OB(CC)CC)CCCCC1. The van der Waals surface area contributed by atoms with Gasteiger partial charge in [-0.05, 0) is 25.7 Å². The van der Waals surface area contributed by atoms with Crippen molar-refractivity contribution in [2.45, 2.75) is 64.2 Å². The van der Waals surface area contributed by atoms with E-state index in [1.807, 2.05) is 0 Å². The fraction of sp³-hybridized carbons (Fsp3) is 0.833. The van der Waals surface area contributed by atoms with E-state index >= 15 is 0 Å². The zero-order valence-electron chi connectivity index (χ0n) is 9.51. The van der Waals surface area contributed by atoms with Gasteiger partial charge < -0.3 is 4.65 Å². The summed E-state index contributed by atoms with van der Waals surface area (Å²) in [6.07, 6.45) is 13.6. The van der Waals surface area contributed by atoms with Gasteiger partial charge in [-0.15, -0.1) is 6.42 Å². The minimum absolute atomic E-state index is 0.227. The quantitative estimate of drug-likeness (QED) is 0.490. The molecule has 0 N–H and O–H groups in total. The Morgan fingerprint density at radius 2 is 1.79 bits per heavy atom. The van der Waals surface area contributed by atoms with E-state index in [4.69, 9.17) is 11.1 Å². The van der Waals surface area contributed by atoms with Crippen LogP contribution in [0.5, 0.6) is 0 Å².